The van der Waals surface area contributed by atoms with Crippen LogP contribution < -0.4 is 5.32 Å². The average molecular weight is 208 g/mol. The number of hydrogen-bond donors (Lipinski definition) is 1. The van der Waals surface area contributed by atoms with Gasteiger partial charge in [-0.15, -0.1) is 0 Å². The van der Waals surface area contributed by atoms with E-state index in [-0.39, 0.29) is 0 Å². The molecule has 0 aliphatic carbocycles. The highest BCUT2D eigenvalue weighted by Crippen LogP contribution is 2.21. The summed E-state index contributed by atoms with van der Waals surface area (Å²) in [6.45, 7) is 11.1. The van der Waals surface area contributed by atoms with Gasteiger partial charge in [0, 0.05) is 25.0 Å². The van der Waals surface area contributed by atoms with Crippen molar-refractivity contribution in [2.24, 2.45) is 5.92 Å². The third-order valence-corrected chi connectivity index (χ3v) is 2.78. The lowest BCUT2D eigenvalue weighted by Gasteiger charge is -2.21. The van der Waals surface area contributed by atoms with Crippen LogP contribution >= 0.6 is 0 Å². The molecule has 1 rings (SSSR count). The van der Waals surface area contributed by atoms with E-state index in [0.29, 0.717) is 12.0 Å². The summed E-state index contributed by atoms with van der Waals surface area (Å²) in [6.07, 6.45) is 5.61. The molecule has 0 aromatic carbocycles. The molecule has 0 radical (unpaired) electrons. The maximum Gasteiger partial charge on any atom is 0.0358 e. The Morgan fingerprint density at radius 1 is 1.33 bits per heavy atom. The van der Waals surface area contributed by atoms with Crippen molar-refractivity contribution in [1.29, 1.82) is 0 Å². The summed E-state index contributed by atoms with van der Waals surface area (Å²) in [5.41, 5.74) is 1.42. The molecular formula is C13H24N2. The van der Waals surface area contributed by atoms with Gasteiger partial charge >= 0.3 is 0 Å². The predicted octanol–water partition coefficient (Wildman–Crippen LogP) is 3.20. The van der Waals surface area contributed by atoms with E-state index in [0.717, 1.165) is 13.1 Å². The molecule has 15 heavy (non-hydrogen) atoms. The maximum atomic E-state index is 3.61. The molecule has 0 saturated heterocycles. The Morgan fingerprint density at radius 2 is 2.07 bits per heavy atom. The fourth-order valence-electron chi connectivity index (χ4n) is 1.88. The molecule has 1 heterocycles. The Kier molecular flexibility index (Phi) is 4.89. The smallest absolute Gasteiger partial charge is 0.0358 e. The Hall–Kier alpha value is -0.760. The number of nitrogens with one attached hydrogen (secondary N) is 1. The molecular weight excluding hydrogens is 184 g/mol. The maximum absolute atomic E-state index is 3.61. The minimum absolute atomic E-state index is 0.498. The van der Waals surface area contributed by atoms with Crippen molar-refractivity contribution in [2.45, 2.75) is 46.7 Å². The van der Waals surface area contributed by atoms with Crippen LogP contribution in [0.2, 0.25) is 0 Å². The fraction of sp³-hybridized carbons (Fsp3) is 0.692. The monoisotopic (exact) mass is 208 g/mol. The average Bonchev–Trinajstić information content (AvgIpc) is 2.66. The van der Waals surface area contributed by atoms with Crippen LogP contribution in [-0.2, 0) is 6.54 Å². The van der Waals surface area contributed by atoms with E-state index in [1.54, 1.807) is 0 Å². The lowest BCUT2D eigenvalue weighted by Crippen LogP contribution is -2.26. The van der Waals surface area contributed by atoms with Crippen LogP contribution in [0.1, 0.15) is 45.7 Å². The fourth-order valence-corrected chi connectivity index (χ4v) is 1.88. The van der Waals surface area contributed by atoms with Gasteiger partial charge in [0.25, 0.3) is 0 Å². The molecule has 1 unspecified atom stereocenters. The molecule has 0 bridgehead atoms. The van der Waals surface area contributed by atoms with Crippen molar-refractivity contribution < 1.29 is 0 Å². The standard InChI is InChI=1S/C13H24N2/c1-5-8-14-13(11(3)4)12-7-9-15(6-2)10-12/h7,9-11,13-14H,5-6,8H2,1-4H3. The minimum atomic E-state index is 0.498. The predicted molar refractivity (Wildman–Crippen MR) is 66.0 cm³/mol. The van der Waals surface area contributed by atoms with Gasteiger partial charge in [0.15, 0.2) is 0 Å². The first-order valence-electron chi connectivity index (χ1n) is 6.08. The first-order valence-corrected chi connectivity index (χ1v) is 6.08. The second kappa shape index (κ2) is 5.96. The second-order valence-corrected chi connectivity index (χ2v) is 4.45. The lowest BCUT2D eigenvalue weighted by atomic mass is 9.98. The molecule has 2 nitrogen and oxygen atoms in total. The highest BCUT2D eigenvalue weighted by Gasteiger charge is 2.15. The second-order valence-electron chi connectivity index (χ2n) is 4.45. The summed E-state index contributed by atoms with van der Waals surface area (Å²) in [6, 6.07) is 2.73. The van der Waals surface area contributed by atoms with Gasteiger partial charge in [-0.1, -0.05) is 20.8 Å². The molecule has 1 aromatic rings. The van der Waals surface area contributed by atoms with Gasteiger partial charge in [-0.25, -0.2) is 0 Å². The number of rotatable bonds is 6. The van der Waals surface area contributed by atoms with Crippen LogP contribution in [0, 0.1) is 5.92 Å². The molecule has 0 aliphatic rings. The van der Waals surface area contributed by atoms with E-state index in [1.807, 2.05) is 0 Å². The molecule has 0 fully saturated rings. The lowest BCUT2D eigenvalue weighted by molar-refractivity contribution is 0.412. The Balaban J connectivity index is 2.70. The van der Waals surface area contributed by atoms with Crippen molar-refractivity contribution in [2.75, 3.05) is 6.54 Å². The van der Waals surface area contributed by atoms with Gasteiger partial charge in [-0.3, -0.25) is 0 Å². The Bertz CT molecular complexity index is 276. The summed E-state index contributed by atoms with van der Waals surface area (Å²) in [5, 5.41) is 3.61. The molecule has 86 valence electrons. The van der Waals surface area contributed by atoms with Crippen LogP contribution in [0.3, 0.4) is 0 Å². The number of nitrogens with zero attached hydrogens (tertiary/aromatic N) is 1. The van der Waals surface area contributed by atoms with E-state index >= 15 is 0 Å². The molecule has 0 saturated carbocycles. The van der Waals surface area contributed by atoms with Crippen molar-refractivity contribution in [3.63, 3.8) is 0 Å². The zero-order valence-electron chi connectivity index (χ0n) is 10.5. The zero-order valence-corrected chi connectivity index (χ0v) is 10.5. The van der Waals surface area contributed by atoms with Crippen LogP contribution in [0.4, 0.5) is 0 Å². The summed E-state index contributed by atoms with van der Waals surface area (Å²) < 4.78 is 2.23. The van der Waals surface area contributed by atoms with Crippen molar-refractivity contribution in [3.8, 4) is 0 Å². The summed E-state index contributed by atoms with van der Waals surface area (Å²) >= 11 is 0. The molecule has 1 atom stereocenters. The zero-order chi connectivity index (χ0) is 11.3. The van der Waals surface area contributed by atoms with E-state index in [9.17, 15) is 0 Å². The third-order valence-electron chi connectivity index (χ3n) is 2.78. The highest BCUT2D eigenvalue weighted by atomic mass is 15.0. The van der Waals surface area contributed by atoms with Gasteiger partial charge in [0.05, 0.1) is 0 Å². The summed E-state index contributed by atoms with van der Waals surface area (Å²) in [5.74, 6) is 0.643. The number of hydrogen-bond acceptors (Lipinski definition) is 1. The first kappa shape index (κ1) is 12.3. The minimum Gasteiger partial charge on any atom is -0.354 e. The van der Waals surface area contributed by atoms with Gasteiger partial charge < -0.3 is 9.88 Å². The van der Waals surface area contributed by atoms with E-state index in [4.69, 9.17) is 0 Å². The molecule has 1 aromatic heterocycles. The number of aromatic nitrogens is 1. The van der Waals surface area contributed by atoms with Crippen molar-refractivity contribution in [1.82, 2.24) is 9.88 Å². The third kappa shape index (κ3) is 3.38. The van der Waals surface area contributed by atoms with Gasteiger partial charge in [0.1, 0.15) is 0 Å². The first-order chi connectivity index (χ1) is 7.19. The molecule has 0 amide bonds. The molecule has 0 spiro atoms. The normalized spacial score (nSPS) is 13.4. The molecule has 2 heteroatoms. The molecule has 0 aliphatic heterocycles. The van der Waals surface area contributed by atoms with Crippen LogP contribution in [0.25, 0.3) is 0 Å². The Morgan fingerprint density at radius 3 is 2.53 bits per heavy atom. The van der Waals surface area contributed by atoms with Crippen LogP contribution in [0.15, 0.2) is 18.5 Å². The summed E-state index contributed by atoms with van der Waals surface area (Å²) in [4.78, 5) is 0. The summed E-state index contributed by atoms with van der Waals surface area (Å²) in [7, 11) is 0. The SMILES string of the molecule is CCCNC(c1ccn(CC)c1)C(C)C. The number of aryl methyl sites for hydroxylation is 1. The van der Waals surface area contributed by atoms with Gasteiger partial charge in [-0.05, 0) is 37.4 Å². The largest absolute Gasteiger partial charge is 0.354 e. The topological polar surface area (TPSA) is 17.0 Å². The Labute approximate surface area is 93.7 Å². The quantitative estimate of drug-likeness (QED) is 0.759. The van der Waals surface area contributed by atoms with E-state index in [2.05, 4.69) is 56.0 Å². The highest BCUT2D eigenvalue weighted by molar-refractivity contribution is 5.16. The van der Waals surface area contributed by atoms with E-state index < -0.39 is 0 Å². The van der Waals surface area contributed by atoms with Crippen molar-refractivity contribution in [3.05, 3.63) is 24.0 Å². The van der Waals surface area contributed by atoms with E-state index in [1.165, 1.54) is 12.0 Å². The van der Waals surface area contributed by atoms with Crippen molar-refractivity contribution >= 4 is 0 Å². The van der Waals surface area contributed by atoms with Gasteiger partial charge in [-0.2, -0.15) is 0 Å². The molecule has 1 N–H and O–H groups in total. The van der Waals surface area contributed by atoms with Crippen LogP contribution in [0.5, 0.6) is 0 Å². The van der Waals surface area contributed by atoms with Gasteiger partial charge in [0.2, 0.25) is 0 Å². The van der Waals surface area contributed by atoms with Crippen LogP contribution in [-0.4, -0.2) is 11.1 Å².